The van der Waals surface area contributed by atoms with E-state index >= 15 is 0 Å². The number of ether oxygens (including phenoxy) is 2. The summed E-state index contributed by atoms with van der Waals surface area (Å²) in [4.78, 5) is 12.9. The summed E-state index contributed by atoms with van der Waals surface area (Å²) in [6.07, 6.45) is 0. The molecule has 1 N–H and O–H groups in total. The molecule has 0 aliphatic carbocycles. The second kappa shape index (κ2) is 9.58. The topological polar surface area (TPSA) is 47.6 Å². The molecule has 0 bridgehead atoms. The minimum atomic E-state index is -0.251. The van der Waals surface area contributed by atoms with Gasteiger partial charge in [0.25, 0.3) is 5.91 Å². The normalized spacial score (nSPS) is 10.5. The number of hydrogen-bond donors (Lipinski definition) is 1. The molecule has 4 rings (SSSR count). The Labute approximate surface area is 192 Å². The van der Waals surface area contributed by atoms with Crippen LogP contribution in [-0.2, 0) is 0 Å². The van der Waals surface area contributed by atoms with E-state index in [2.05, 4.69) is 29.6 Å². The van der Waals surface area contributed by atoms with Crippen molar-refractivity contribution in [2.45, 2.75) is 0 Å². The lowest BCUT2D eigenvalue weighted by Crippen LogP contribution is -2.12. The van der Waals surface area contributed by atoms with Gasteiger partial charge in [-0.2, -0.15) is 0 Å². The zero-order valence-corrected chi connectivity index (χ0v) is 18.5. The molecule has 4 aromatic rings. The van der Waals surface area contributed by atoms with Crippen LogP contribution in [0.5, 0.6) is 11.5 Å². The maximum atomic E-state index is 12.9. The van der Waals surface area contributed by atoms with Crippen LogP contribution in [0.25, 0.3) is 22.3 Å². The monoisotopic (exact) mass is 443 g/mol. The number of amides is 1. The van der Waals surface area contributed by atoms with E-state index in [9.17, 15) is 4.79 Å². The van der Waals surface area contributed by atoms with Gasteiger partial charge >= 0.3 is 0 Å². The van der Waals surface area contributed by atoms with Crippen LogP contribution >= 0.6 is 11.6 Å². The molecule has 0 radical (unpaired) electrons. The van der Waals surface area contributed by atoms with E-state index in [1.807, 2.05) is 30.3 Å². The molecule has 0 heterocycles. The number of hydrogen-bond acceptors (Lipinski definition) is 3. The van der Waals surface area contributed by atoms with Crippen LogP contribution in [0.4, 0.5) is 5.69 Å². The molecule has 0 spiro atoms. The number of rotatable bonds is 6. The van der Waals surface area contributed by atoms with Crippen LogP contribution in [-0.4, -0.2) is 20.1 Å². The highest BCUT2D eigenvalue weighted by atomic mass is 35.5. The third kappa shape index (κ3) is 4.76. The Morgan fingerprint density at radius 1 is 0.719 bits per heavy atom. The predicted molar refractivity (Wildman–Crippen MR) is 130 cm³/mol. The molecule has 4 nitrogen and oxygen atoms in total. The fourth-order valence-electron chi connectivity index (χ4n) is 3.44. The summed E-state index contributed by atoms with van der Waals surface area (Å²) in [5, 5.41) is 3.47. The first-order valence-corrected chi connectivity index (χ1v) is 10.4. The van der Waals surface area contributed by atoms with Crippen molar-refractivity contribution in [1.82, 2.24) is 0 Å². The van der Waals surface area contributed by atoms with Crippen molar-refractivity contribution in [3.63, 3.8) is 0 Å². The molecular weight excluding hydrogens is 422 g/mol. The van der Waals surface area contributed by atoms with Crippen molar-refractivity contribution in [2.24, 2.45) is 0 Å². The predicted octanol–water partition coefficient (Wildman–Crippen LogP) is 6.94. The Kier molecular flexibility index (Phi) is 6.43. The number of methoxy groups -OCH3 is 2. The van der Waals surface area contributed by atoms with E-state index in [-0.39, 0.29) is 5.91 Å². The maximum absolute atomic E-state index is 12.9. The lowest BCUT2D eigenvalue weighted by Gasteiger charge is -2.12. The Morgan fingerprint density at radius 3 is 1.94 bits per heavy atom. The molecule has 0 saturated carbocycles. The Bertz CT molecular complexity index is 1220. The van der Waals surface area contributed by atoms with Gasteiger partial charge in [-0.05, 0) is 34.9 Å². The van der Waals surface area contributed by atoms with E-state index in [0.717, 1.165) is 22.3 Å². The summed E-state index contributed by atoms with van der Waals surface area (Å²) in [6.45, 7) is 0. The summed E-state index contributed by atoms with van der Waals surface area (Å²) in [5.74, 6) is 0.934. The molecule has 4 aromatic carbocycles. The third-order valence-electron chi connectivity index (χ3n) is 5.14. The molecule has 5 heteroatoms. The van der Waals surface area contributed by atoms with Gasteiger partial charge in [0.15, 0.2) is 0 Å². The lowest BCUT2D eigenvalue weighted by atomic mass is 9.99. The Balaban J connectivity index is 1.59. The number of anilines is 1. The smallest absolute Gasteiger partial charge is 0.255 e. The van der Waals surface area contributed by atoms with Crippen molar-refractivity contribution in [3.05, 3.63) is 102 Å². The van der Waals surface area contributed by atoms with Crippen LogP contribution in [0.3, 0.4) is 0 Å². The van der Waals surface area contributed by atoms with E-state index in [1.54, 1.807) is 50.6 Å². The summed E-state index contributed by atoms with van der Waals surface area (Å²) in [5.41, 5.74) is 5.07. The average Bonchev–Trinajstić information content (AvgIpc) is 2.84. The standard InChI is InChI=1S/C27H22ClNO3/c1-31-23-15-22(16-24(17-23)32-2)29-27(30)21-12-13-26(28)25(14-21)20-10-8-19(9-11-20)18-6-4-3-5-7-18/h3-17H,1-2H3,(H,29,30). The van der Waals surface area contributed by atoms with Crippen LogP contribution in [0, 0.1) is 0 Å². The van der Waals surface area contributed by atoms with Crippen LogP contribution in [0.2, 0.25) is 5.02 Å². The van der Waals surface area contributed by atoms with Gasteiger partial charge in [-0.25, -0.2) is 0 Å². The number of carbonyl (C=O) groups excluding carboxylic acids is 1. The van der Waals surface area contributed by atoms with Crippen LogP contribution < -0.4 is 14.8 Å². The summed E-state index contributed by atoms with van der Waals surface area (Å²) >= 11 is 6.47. The van der Waals surface area contributed by atoms with Gasteiger partial charge in [-0.1, -0.05) is 66.2 Å². The van der Waals surface area contributed by atoms with Crippen molar-refractivity contribution in [3.8, 4) is 33.8 Å². The van der Waals surface area contributed by atoms with Crippen molar-refractivity contribution >= 4 is 23.2 Å². The van der Waals surface area contributed by atoms with E-state index in [0.29, 0.717) is 27.8 Å². The van der Waals surface area contributed by atoms with E-state index in [4.69, 9.17) is 21.1 Å². The largest absolute Gasteiger partial charge is 0.497 e. The van der Waals surface area contributed by atoms with Gasteiger partial charge in [0.1, 0.15) is 11.5 Å². The van der Waals surface area contributed by atoms with Gasteiger partial charge in [-0.3, -0.25) is 4.79 Å². The van der Waals surface area contributed by atoms with Gasteiger partial charge in [-0.15, -0.1) is 0 Å². The van der Waals surface area contributed by atoms with Gasteiger partial charge in [0.2, 0.25) is 0 Å². The fourth-order valence-corrected chi connectivity index (χ4v) is 3.67. The molecule has 0 aliphatic rings. The Hall–Kier alpha value is -3.76. The van der Waals surface area contributed by atoms with Gasteiger partial charge < -0.3 is 14.8 Å². The second-order valence-electron chi connectivity index (χ2n) is 7.19. The van der Waals surface area contributed by atoms with Gasteiger partial charge in [0.05, 0.1) is 14.2 Å². The van der Waals surface area contributed by atoms with E-state index in [1.165, 1.54) is 0 Å². The summed E-state index contributed by atoms with van der Waals surface area (Å²) in [7, 11) is 3.13. The number of halogens is 1. The molecule has 1 amide bonds. The quantitative estimate of drug-likeness (QED) is 0.351. The summed E-state index contributed by atoms with van der Waals surface area (Å²) in [6, 6.07) is 28.8. The first kappa shape index (κ1) is 21.5. The highest BCUT2D eigenvalue weighted by Crippen LogP contribution is 2.32. The molecular formula is C27H22ClNO3. The van der Waals surface area contributed by atoms with Crippen LogP contribution in [0.15, 0.2) is 91.0 Å². The average molecular weight is 444 g/mol. The lowest BCUT2D eigenvalue weighted by molar-refractivity contribution is 0.102. The highest BCUT2D eigenvalue weighted by Gasteiger charge is 2.12. The minimum Gasteiger partial charge on any atom is -0.497 e. The van der Waals surface area contributed by atoms with Crippen molar-refractivity contribution in [2.75, 3.05) is 19.5 Å². The zero-order chi connectivity index (χ0) is 22.5. The molecule has 0 aromatic heterocycles. The second-order valence-corrected chi connectivity index (χ2v) is 7.60. The molecule has 0 atom stereocenters. The van der Waals surface area contributed by atoms with Crippen molar-refractivity contribution < 1.29 is 14.3 Å². The first-order chi connectivity index (χ1) is 15.6. The van der Waals surface area contributed by atoms with Crippen LogP contribution in [0.1, 0.15) is 10.4 Å². The fraction of sp³-hybridized carbons (Fsp3) is 0.0741. The zero-order valence-electron chi connectivity index (χ0n) is 17.8. The third-order valence-corrected chi connectivity index (χ3v) is 5.47. The van der Waals surface area contributed by atoms with Crippen molar-refractivity contribution in [1.29, 1.82) is 0 Å². The molecule has 0 aliphatic heterocycles. The maximum Gasteiger partial charge on any atom is 0.255 e. The minimum absolute atomic E-state index is 0.251. The van der Waals surface area contributed by atoms with Gasteiger partial charge in [0, 0.05) is 40.0 Å². The SMILES string of the molecule is COc1cc(NC(=O)c2ccc(Cl)c(-c3ccc(-c4ccccc4)cc3)c2)cc(OC)c1. The number of carbonyl (C=O) groups is 1. The summed E-state index contributed by atoms with van der Waals surface area (Å²) < 4.78 is 10.5. The molecule has 0 saturated heterocycles. The molecule has 160 valence electrons. The molecule has 0 unspecified atom stereocenters. The molecule has 0 fully saturated rings. The first-order valence-electron chi connectivity index (χ1n) is 10.1. The number of benzene rings is 4. The highest BCUT2D eigenvalue weighted by molar-refractivity contribution is 6.33. The Morgan fingerprint density at radius 2 is 1.31 bits per heavy atom. The molecule has 32 heavy (non-hydrogen) atoms. The van der Waals surface area contributed by atoms with E-state index < -0.39 is 0 Å². The number of nitrogens with one attached hydrogen (secondary N) is 1.